The molecular weight excluding hydrogens is 415 g/mol. The van der Waals surface area contributed by atoms with Gasteiger partial charge in [0.05, 0.1) is 6.61 Å². The summed E-state index contributed by atoms with van der Waals surface area (Å²) in [5, 5.41) is 18.8. The number of halogens is 3. The van der Waals surface area contributed by atoms with Crippen LogP contribution in [0, 0.1) is 0 Å². The minimum Gasteiger partial charge on any atom is -0.491 e. The standard InChI is InChI=1S/C22H26F3NO5/c1-21(28,14-27)15-29-17-4-2-16(3-5-17)26-12-10-19(11-13-26)30-18-6-8-20(9-7-18)31-22(23,24)25/h2-9,19,27-28H,10-15H2,1H3/t21-/m1/s1. The number of aliphatic hydroxyl groups excluding tert-OH is 1. The molecule has 1 atom stereocenters. The number of rotatable bonds is 8. The maximum Gasteiger partial charge on any atom is 0.573 e. The second kappa shape index (κ2) is 9.65. The van der Waals surface area contributed by atoms with Crippen molar-refractivity contribution in [2.24, 2.45) is 0 Å². The molecule has 0 spiro atoms. The highest BCUT2D eigenvalue weighted by molar-refractivity contribution is 5.49. The summed E-state index contributed by atoms with van der Waals surface area (Å²) in [7, 11) is 0. The van der Waals surface area contributed by atoms with Crippen molar-refractivity contribution in [1.29, 1.82) is 0 Å². The second-order valence-electron chi connectivity index (χ2n) is 7.76. The minimum absolute atomic E-state index is 0.00507. The molecule has 2 aromatic rings. The third-order valence-corrected chi connectivity index (χ3v) is 4.89. The van der Waals surface area contributed by atoms with E-state index in [-0.39, 0.29) is 25.1 Å². The Kier molecular flexibility index (Phi) is 7.17. The van der Waals surface area contributed by atoms with E-state index in [1.807, 2.05) is 24.3 Å². The van der Waals surface area contributed by atoms with Gasteiger partial charge in [0.25, 0.3) is 0 Å². The lowest BCUT2D eigenvalue weighted by Crippen LogP contribution is -2.38. The fraction of sp³-hybridized carbons (Fsp3) is 0.455. The number of alkyl halides is 3. The lowest BCUT2D eigenvalue weighted by molar-refractivity contribution is -0.274. The van der Waals surface area contributed by atoms with E-state index in [0.717, 1.165) is 31.6 Å². The van der Waals surface area contributed by atoms with Crippen molar-refractivity contribution in [2.75, 3.05) is 31.2 Å². The van der Waals surface area contributed by atoms with Crippen LogP contribution in [0.15, 0.2) is 48.5 Å². The molecule has 1 fully saturated rings. The predicted octanol–water partition coefficient (Wildman–Crippen LogP) is 3.76. The predicted molar refractivity (Wildman–Crippen MR) is 109 cm³/mol. The van der Waals surface area contributed by atoms with Crippen molar-refractivity contribution in [3.8, 4) is 17.2 Å². The summed E-state index contributed by atoms with van der Waals surface area (Å²) >= 11 is 0. The lowest BCUT2D eigenvalue weighted by atomic mass is 10.1. The van der Waals surface area contributed by atoms with Gasteiger partial charge in [0.2, 0.25) is 0 Å². The van der Waals surface area contributed by atoms with E-state index in [1.54, 1.807) is 0 Å². The molecule has 0 aromatic heterocycles. The normalized spacial score (nSPS) is 17.2. The Labute approximate surface area is 178 Å². The third-order valence-electron chi connectivity index (χ3n) is 4.89. The summed E-state index contributed by atoms with van der Waals surface area (Å²) in [5.74, 6) is 0.837. The van der Waals surface area contributed by atoms with Crippen LogP contribution in [0.4, 0.5) is 18.9 Å². The van der Waals surface area contributed by atoms with Crippen molar-refractivity contribution in [3.05, 3.63) is 48.5 Å². The quantitative estimate of drug-likeness (QED) is 0.650. The Hall–Kier alpha value is -2.65. The van der Waals surface area contributed by atoms with Crippen LogP contribution in [-0.4, -0.2) is 54.6 Å². The second-order valence-corrected chi connectivity index (χ2v) is 7.76. The maximum atomic E-state index is 12.2. The van der Waals surface area contributed by atoms with Crippen LogP contribution in [0.2, 0.25) is 0 Å². The van der Waals surface area contributed by atoms with Crippen LogP contribution >= 0.6 is 0 Å². The monoisotopic (exact) mass is 441 g/mol. The van der Waals surface area contributed by atoms with Gasteiger partial charge in [-0.05, 0) is 55.5 Å². The van der Waals surface area contributed by atoms with Crippen molar-refractivity contribution in [3.63, 3.8) is 0 Å². The van der Waals surface area contributed by atoms with Gasteiger partial charge in [-0.15, -0.1) is 13.2 Å². The first kappa shape index (κ1) is 23.0. The molecule has 1 saturated heterocycles. The smallest absolute Gasteiger partial charge is 0.491 e. The topological polar surface area (TPSA) is 71.4 Å². The van der Waals surface area contributed by atoms with E-state index in [4.69, 9.17) is 14.6 Å². The lowest BCUT2D eigenvalue weighted by Gasteiger charge is -2.33. The van der Waals surface area contributed by atoms with Crippen molar-refractivity contribution >= 4 is 5.69 Å². The van der Waals surface area contributed by atoms with Crippen LogP contribution in [0.5, 0.6) is 17.2 Å². The van der Waals surface area contributed by atoms with E-state index in [0.29, 0.717) is 11.5 Å². The molecular formula is C22H26F3NO5. The molecule has 6 nitrogen and oxygen atoms in total. The molecule has 1 heterocycles. The first-order chi connectivity index (χ1) is 14.6. The molecule has 0 saturated carbocycles. The number of anilines is 1. The molecule has 2 N–H and O–H groups in total. The van der Waals surface area contributed by atoms with Gasteiger partial charge < -0.3 is 29.3 Å². The van der Waals surface area contributed by atoms with Crippen LogP contribution < -0.4 is 19.1 Å². The molecule has 0 bridgehead atoms. The van der Waals surface area contributed by atoms with Crippen molar-refractivity contribution < 1.29 is 37.6 Å². The van der Waals surface area contributed by atoms with Crippen LogP contribution in [-0.2, 0) is 0 Å². The first-order valence-electron chi connectivity index (χ1n) is 9.97. The molecule has 9 heteroatoms. The Bertz CT molecular complexity index is 817. The summed E-state index contributed by atoms with van der Waals surface area (Å²) in [4.78, 5) is 2.22. The highest BCUT2D eigenvalue weighted by Gasteiger charge is 2.31. The molecule has 1 aliphatic rings. The highest BCUT2D eigenvalue weighted by atomic mass is 19.4. The first-order valence-corrected chi connectivity index (χ1v) is 9.97. The number of benzene rings is 2. The zero-order valence-corrected chi connectivity index (χ0v) is 17.1. The average molecular weight is 441 g/mol. The number of aliphatic hydroxyl groups is 2. The summed E-state index contributed by atoms with van der Waals surface area (Å²) < 4.78 is 51.9. The van der Waals surface area contributed by atoms with Gasteiger partial charge in [-0.3, -0.25) is 0 Å². The van der Waals surface area contributed by atoms with E-state index in [2.05, 4.69) is 9.64 Å². The molecule has 1 aliphatic heterocycles. The Morgan fingerprint density at radius 1 is 0.935 bits per heavy atom. The largest absolute Gasteiger partial charge is 0.573 e. The Balaban J connectivity index is 1.46. The molecule has 3 rings (SSSR count). The van der Waals surface area contributed by atoms with Gasteiger partial charge in [-0.25, -0.2) is 0 Å². The van der Waals surface area contributed by atoms with Crippen molar-refractivity contribution in [1.82, 2.24) is 0 Å². The molecule has 2 aromatic carbocycles. The number of nitrogens with zero attached hydrogens (tertiary/aromatic N) is 1. The van der Waals surface area contributed by atoms with Gasteiger partial charge in [0, 0.05) is 31.6 Å². The zero-order valence-electron chi connectivity index (χ0n) is 17.1. The summed E-state index contributed by atoms with van der Waals surface area (Å²) in [6.07, 6.45) is -3.18. The van der Waals surface area contributed by atoms with E-state index >= 15 is 0 Å². The van der Waals surface area contributed by atoms with Gasteiger partial charge in [-0.1, -0.05) is 0 Å². The third kappa shape index (κ3) is 7.22. The van der Waals surface area contributed by atoms with Gasteiger partial charge in [0.15, 0.2) is 0 Å². The maximum absolute atomic E-state index is 12.2. The molecule has 0 amide bonds. The fourth-order valence-corrected chi connectivity index (χ4v) is 3.18. The van der Waals surface area contributed by atoms with Crippen LogP contribution in [0.3, 0.4) is 0 Å². The van der Waals surface area contributed by atoms with Gasteiger partial charge in [-0.2, -0.15) is 0 Å². The number of hydrogen-bond acceptors (Lipinski definition) is 6. The summed E-state index contributed by atoms with van der Waals surface area (Å²) in [6, 6.07) is 12.9. The van der Waals surface area contributed by atoms with Gasteiger partial charge in [0.1, 0.15) is 35.6 Å². The molecule has 0 aliphatic carbocycles. The SMILES string of the molecule is C[C@@](O)(CO)COc1ccc(N2CCC(Oc3ccc(OC(F)(F)F)cc3)CC2)cc1. The molecule has 31 heavy (non-hydrogen) atoms. The average Bonchev–Trinajstić information content (AvgIpc) is 2.74. The summed E-state index contributed by atoms with van der Waals surface area (Å²) in [6.45, 7) is 2.67. The highest BCUT2D eigenvalue weighted by Crippen LogP contribution is 2.28. The van der Waals surface area contributed by atoms with Crippen LogP contribution in [0.1, 0.15) is 19.8 Å². The van der Waals surface area contributed by atoms with E-state index < -0.39 is 12.0 Å². The number of ether oxygens (including phenoxy) is 3. The fourth-order valence-electron chi connectivity index (χ4n) is 3.18. The summed E-state index contributed by atoms with van der Waals surface area (Å²) in [5.41, 5.74) is -0.250. The Morgan fingerprint density at radius 3 is 2.03 bits per heavy atom. The molecule has 0 unspecified atom stereocenters. The molecule has 170 valence electrons. The van der Waals surface area contributed by atoms with E-state index in [9.17, 15) is 18.3 Å². The van der Waals surface area contributed by atoms with Gasteiger partial charge >= 0.3 is 6.36 Å². The van der Waals surface area contributed by atoms with Crippen molar-refractivity contribution in [2.45, 2.75) is 37.8 Å². The minimum atomic E-state index is -4.71. The number of piperidine rings is 1. The number of hydrogen-bond donors (Lipinski definition) is 2. The Morgan fingerprint density at radius 2 is 1.48 bits per heavy atom. The van der Waals surface area contributed by atoms with E-state index in [1.165, 1.54) is 31.2 Å². The van der Waals surface area contributed by atoms with Crippen LogP contribution in [0.25, 0.3) is 0 Å². The zero-order chi connectivity index (χ0) is 22.5. The molecule has 0 radical (unpaired) electrons.